The van der Waals surface area contributed by atoms with Gasteiger partial charge in [0.1, 0.15) is 0 Å². The first-order chi connectivity index (χ1) is 39.7. The van der Waals surface area contributed by atoms with Crippen molar-refractivity contribution in [3.05, 3.63) is 301 Å². The van der Waals surface area contributed by atoms with Crippen LogP contribution in [0.4, 0.5) is 28.4 Å². The summed E-state index contributed by atoms with van der Waals surface area (Å²) in [5.41, 5.74) is 23.4. The van der Waals surface area contributed by atoms with Crippen LogP contribution in [0.3, 0.4) is 0 Å². The molecule has 2 nitrogen and oxygen atoms in total. The molecule has 3 aliphatic rings. The molecule has 12 aromatic rings. The van der Waals surface area contributed by atoms with Crippen molar-refractivity contribution in [3.8, 4) is 33.4 Å². The second-order valence-corrected chi connectivity index (χ2v) is 23.4. The molecule has 0 unspecified atom stereocenters. The molecule has 0 saturated carbocycles. The number of hydrogen-bond acceptors (Lipinski definition) is 2. The molecule has 2 heterocycles. The number of benzene rings is 12. The quantitative estimate of drug-likeness (QED) is 0.105. The van der Waals surface area contributed by atoms with Gasteiger partial charge in [0, 0.05) is 45.0 Å². The smallest absolute Gasteiger partial charge is 0.252 e. The van der Waals surface area contributed by atoms with Crippen LogP contribution in [0.2, 0.25) is 0 Å². The van der Waals surface area contributed by atoms with Crippen LogP contribution in [0.1, 0.15) is 62.8 Å². The summed E-state index contributed by atoms with van der Waals surface area (Å²) < 4.78 is 0. The van der Waals surface area contributed by atoms with Gasteiger partial charge in [0.25, 0.3) is 6.71 Å². The third kappa shape index (κ3) is 7.77. The van der Waals surface area contributed by atoms with Crippen LogP contribution in [-0.2, 0) is 10.8 Å². The Labute approximate surface area is 476 Å². The van der Waals surface area contributed by atoms with E-state index < -0.39 is 0 Å². The summed E-state index contributed by atoms with van der Waals surface area (Å²) in [6.07, 6.45) is 8.87. The van der Waals surface area contributed by atoms with Gasteiger partial charge in [-0.3, -0.25) is 0 Å². The molecule has 1 aliphatic carbocycles. The number of nitrogens with zero attached hydrogens (tertiary/aromatic N) is 2. The molecule has 0 spiro atoms. The lowest BCUT2D eigenvalue weighted by atomic mass is 9.33. The highest BCUT2D eigenvalue weighted by Crippen LogP contribution is 2.51. The Morgan fingerprint density at radius 3 is 1.33 bits per heavy atom. The van der Waals surface area contributed by atoms with Gasteiger partial charge < -0.3 is 9.80 Å². The predicted molar refractivity (Wildman–Crippen MR) is 347 cm³/mol. The zero-order valence-corrected chi connectivity index (χ0v) is 46.4. The molecule has 386 valence electrons. The van der Waals surface area contributed by atoms with Crippen molar-refractivity contribution in [1.82, 2.24) is 0 Å². The number of allylic oxidation sites excluding steroid dienone is 4. The molecule has 0 atom stereocenters. The summed E-state index contributed by atoms with van der Waals surface area (Å²) in [6.45, 7) is 9.47. The topological polar surface area (TPSA) is 6.48 Å². The number of fused-ring (bicyclic) bond motifs is 7. The van der Waals surface area contributed by atoms with Crippen molar-refractivity contribution >= 4 is 83.9 Å². The normalized spacial score (nSPS) is 13.8. The Balaban J connectivity index is 1.04. The summed E-state index contributed by atoms with van der Waals surface area (Å²) in [5.74, 6) is 0. The van der Waals surface area contributed by atoms with Gasteiger partial charge in [-0.1, -0.05) is 258 Å². The van der Waals surface area contributed by atoms with Crippen LogP contribution in [0.5, 0.6) is 0 Å². The highest BCUT2D eigenvalue weighted by molar-refractivity contribution is 7.00. The van der Waals surface area contributed by atoms with Crippen LogP contribution in [-0.4, -0.2) is 6.71 Å². The van der Waals surface area contributed by atoms with Gasteiger partial charge in [0.15, 0.2) is 0 Å². The third-order valence-electron chi connectivity index (χ3n) is 18.3. The van der Waals surface area contributed by atoms with Gasteiger partial charge in [-0.15, -0.1) is 0 Å². The molecule has 0 amide bonds. The lowest BCUT2D eigenvalue weighted by Crippen LogP contribution is -2.62. The molecule has 12 aromatic carbocycles. The number of hydrogen-bond donors (Lipinski definition) is 0. The van der Waals surface area contributed by atoms with Crippen molar-refractivity contribution in [3.63, 3.8) is 0 Å². The molecule has 15 rings (SSSR count). The molecule has 0 N–H and O–H groups in total. The first kappa shape index (κ1) is 48.7. The second-order valence-electron chi connectivity index (χ2n) is 23.4. The van der Waals surface area contributed by atoms with E-state index in [2.05, 4.69) is 311 Å². The van der Waals surface area contributed by atoms with Gasteiger partial charge in [-0.05, 0) is 160 Å². The average Bonchev–Trinajstić information content (AvgIpc) is 3.52. The van der Waals surface area contributed by atoms with Crippen molar-refractivity contribution in [2.45, 2.75) is 51.4 Å². The molecule has 0 saturated heterocycles. The summed E-state index contributed by atoms with van der Waals surface area (Å²) >= 11 is 0. The maximum Gasteiger partial charge on any atom is 0.252 e. The van der Waals surface area contributed by atoms with Crippen molar-refractivity contribution in [1.29, 1.82) is 0 Å². The molecule has 3 heteroatoms. The summed E-state index contributed by atoms with van der Waals surface area (Å²) in [7, 11) is 0. The molecule has 0 fully saturated rings. The largest absolute Gasteiger partial charge is 0.315 e. The molecular formula is C78H61BN2. The molecule has 0 radical (unpaired) electrons. The lowest BCUT2D eigenvalue weighted by Gasteiger charge is -2.46. The molecular weight excluding hydrogens is 976 g/mol. The third-order valence-corrected chi connectivity index (χ3v) is 18.3. The van der Waals surface area contributed by atoms with Crippen LogP contribution in [0, 0.1) is 0 Å². The molecule has 0 bridgehead atoms. The van der Waals surface area contributed by atoms with Crippen molar-refractivity contribution in [2.24, 2.45) is 0 Å². The summed E-state index contributed by atoms with van der Waals surface area (Å²) in [5, 5.41) is 7.44. The van der Waals surface area contributed by atoms with E-state index in [-0.39, 0.29) is 17.5 Å². The van der Waals surface area contributed by atoms with Gasteiger partial charge in [-0.25, -0.2) is 0 Å². The van der Waals surface area contributed by atoms with E-state index in [0.29, 0.717) is 0 Å². The Morgan fingerprint density at radius 1 is 0.358 bits per heavy atom. The van der Waals surface area contributed by atoms with Crippen molar-refractivity contribution < 1.29 is 0 Å². The maximum atomic E-state index is 2.65. The maximum absolute atomic E-state index is 2.65. The van der Waals surface area contributed by atoms with E-state index in [1.165, 1.54) is 133 Å². The Hall–Kier alpha value is -9.44. The fraction of sp³-hybridized carbons (Fsp3) is 0.103. The van der Waals surface area contributed by atoms with E-state index in [9.17, 15) is 0 Å². The number of rotatable bonds is 9. The van der Waals surface area contributed by atoms with Gasteiger partial charge in [-0.2, -0.15) is 0 Å². The van der Waals surface area contributed by atoms with Crippen LogP contribution < -0.4 is 26.2 Å². The Morgan fingerprint density at radius 2 is 0.802 bits per heavy atom. The van der Waals surface area contributed by atoms with Gasteiger partial charge in [0.2, 0.25) is 0 Å². The van der Waals surface area contributed by atoms with E-state index in [4.69, 9.17) is 0 Å². The molecule has 0 aromatic heterocycles. The minimum Gasteiger partial charge on any atom is -0.315 e. The second kappa shape index (κ2) is 19.1. The summed E-state index contributed by atoms with van der Waals surface area (Å²) in [6, 6.07) is 96.1. The highest BCUT2D eigenvalue weighted by Gasteiger charge is 2.45. The Kier molecular flexibility index (Phi) is 11.5. The van der Waals surface area contributed by atoms with Crippen LogP contribution >= 0.6 is 0 Å². The monoisotopic (exact) mass is 1040 g/mol. The highest BCUT2D eigenvalue weighted by atomic mass is 15.2. The molecule has 2 aliphatic heterocycles. The SMILES string of the molecule is CC(C)(c1ccccc1)c1ccc2c(c1)B1c3cc(C(C)(C)c4ccccc4)ccc3N(c3ccccc3)c3cc(-c4c5ccccc5c(-c5ccc(-c6ccccc6)c6ccccc56)c5ccccc45)cc(c31)N2C1=CC=CCC1. The van der Waals surface area contributed by atoms with E-state index in [1.807, 2.05) is 0 Å². The lowest BCUT2D eigenvalue weighted by molar-refractivity contribution is 0.641. The van der Waals surface area contributed by atoms with Gasteiger partial charge in [0.05, 0.1) is 0 Å². The van der Waals surface area contributed by atoms with E-state index in [1.54, 1.807) is 0 Å². The zero-order valence-electron chi connectivity index (χ0n) is 46.4. The van der Waals surface area contributed by atoms with E-state index in [0.717, 1.165) is 18.5 Å². The standard InChI is InChI=1S/C78H61BN2/c1-77(2,54-28-12-6-13-29-54)56-42-46-70-68(50-56)79-69-51-57(78(3,4)55-30-14-7-15-31-55)43-47-71(69)81(59-34-18-9-19-35-59)73-49-53(48-72(76(73)79)80(70)58-32-16-8-17-33-58)74-63-38-22-24-40-65(63)75(66-41-25-23-39-64(66)74)67-45-44-60(52-26-10-5-11-27-52)61-36-20-21-37-62(61)67/h5-18,20-34,36-51H,19,35H2,1-4H3. The number of para-hydroxylation sites is 1. The van der Waals surface area contributed by atoms with Crippen LogP contribution in [0.25, 0.3) is 65.7 Å². The van der Waals surface area contributed by atoms with Crippen LogP contribution in [0.15, 0.2) is 279 Å². The van der Waals surface area contributed by atoms with E-state index >= 15 is 0 Å². The predicted octanol–water partition coefficient (Wildman–Crippen LogP) is 18.8. The fourth-order valence-electron chi connectivity index (χ4n) is 14.0. The first-order valence-electron chi connectivity index (χ1n) is 28.8. The minimum absolute atomic E-state index is 0.0777. The fourth-order valence-corrected chi connectivity index (χ4v) is 14.0. The molecule has 81 heavy (non-hydrogen) atoms. The average molecular weight is 1040 g/mol. The first-order valence-corrected chi connectivity index (χ1v) is 28.8. The number of anilines is 5. The Bertz CT molecular complexity index is 4460. The van der Waals surface area contributed by atoms with Gasteiger partial charge >= 0.3 is 0 Å². The minimum atomic E-state index is -0.259. The van der Waals surface area contributed by atoms with Crippen molar-refractivity contribution in [2.75, 3.05) is 9.80 Å². The zero-order chi connectivity index (χ0) is 54.4. The summed E-state index contributed by atoms with van der Waals surface area (Å²) in [4.78, 5) is 5.24.